The highest BCUT2D eigenvalue weighted by atomic mass is 35.5. The van der Waals surface area contributed by atoms with Crippen LogP contribution in [0.25, 0.3) is 0 Å². The largest absolute Gasteiger partial charge is 0.341 e. The van der Waals surface area contributed by atoms with Crippen LogP contribution in [0, 0.1) is 22.0 Å². The Kier molecular flexibility index (Phi) is 3.75. The molecule has 0 N–H and O–H groups in total. The first-order valence-electron chi connectivity index (χ1n) is 6.09. The molecule has 0 spiro atoms. The normalized spacial score (nSPS) is 21.0. The molecule has 0 saturated heterocycles. The minimum absolute atomic E-state index is 0.0101. The molecule has 0 aromatic heterocycles. The number of halogens is 1. The highest BCUT2D eigenvalue weighted by Gasteiger charge is 2.34. The summed E-state index contributed by atoms with van der Waals surface area (Å²) in [4.78, 5) is 23.9. The lowest BCUT2D eigenvalue weighted by Crippen LogP contribution is -2.29. The van der Waals surface area contributed by atoms with Crippen LogP contribution in [0.1, 0.15) is 23.7 Å². The lowest BCUT2D eigenvalue weighted by Gasteiger charge is -2.17. The molecule has 1 saturated carbocycles. The maximum absolute atomic E-state index is 12.1. The summed E-state index contributed by atoms with van der Waals surface area (Å²) in [6.07, 6.45) is 1.15. The zero-order chi connectivity index (χ0) is 14.2. The van der Waals surface area contributed by atoms with Crippen molar-refractivity contribution in [2.45, 2.75) is 13.3 Å². The van der Waals surface area contributed by atoms with E-state index in [9.17, 15) is 14.9 Å². The standard InChI is InChI=1S/C13H15ClN2O3/c1-8-5-10(8)7-15(2)13(17)9-3-4-12(16(18)19)11(14)6-9/h3-4,6,8,10H,5,7H2,1-2H3. The van der Waals surface area contributed by atoms with Crippen molar-refractivity contribution < 1.29 is 9.72 Å². The smallest absolute Gasteiger partial charge is 0.287 e. The predicted molar refractivity (Wildman–Crippen MR) is 72.3 cm³/mol. The Morgan fingerprint density at radius 2 is 2.21 bits per heavy atom. The van der Waals surface area contributed by atoms with Gasteiger partial charge < -0.3 is 4.90 Å². The summed E-state index contributed by atoms with van der Waals surface area (Å²) in [7, 11) is 1.74. The molecule has 19 heavy (non-hydrogen) atoms. The van der Waals surface area contributed by atoms with Gasteiger partial charge in [-0.05, 0) is 30.4 Å². The first-order chi connectivity index (χ1) is 8.90. The van der Waals surface area contributed by atoms with Crippen LogP contribution in [0.4, 0.5) is 5.69 Å². The van der Waals surface area contributed by atoms with E-state index in [2.05, 4.69) is 6.92 Å². The third-order valence-corrected chi connectivity index (χ3v) is 3.83. The molecule has 2 unspecified atom stereocenters. The fourth-order valence-corrected chi connectivity index (χ4v) is 2.35. The van der Waals surface area contributed by atoms with Crippen molar-refractivity contribution in [2.24, 2.45) is 11.8 Å². The van der Waals surface area contributed by atoms with E-state index >= 15 is 0 Å². The second-order valence-corrected chi connectivity index (χ2v) is 5.49. The van der Waals surface area contributed by atoms with Gasteiger partial charge in [-0.2, -0.15) is 0 Å². The molecule has 0 aliphatic heterocycles. The van der Waals surface area contributed by atoms with Gasteiger partial charge in [0.1, 0.15) is 5.02 Å². The molecule has 1 fully saturated rings. The summed E-state index contributed by atoms with van der Waals surface area (Å²) >= 11 is 5.80. The zero-order valence-electron chi connectivity index (χ0n) is 10.8. The van der Waals surface area contributed by atoms with Crippen LogP contribution in [0.15, 0.2) is 18.2 Å². The summed E-state index contributed by atoms with van der Waals surface area (Å²) < 4.78 is 0. The van der Waals surface area contributed by atoms with E-state index in [-0.39, 0.29) is 16.6 Å². The van der Waals surface area contributed by atoms with Gasteiger partial charge in [-0.25, -0.2) is 0 Å². The molecule has 0 bridgehead atoms. The molecular weight excluding hydrogens is 268 g/mol. The van der Waals surface area contributed by atoms with E-state index in [4.69, 9.17) is 11.6 Å². The number of benzene rings is 1. The van der Waals surface area contributed by atoms with Gasteiger partial charge in [-0.1, -0.05) is 18.5 Å². The van der Waals surface area contributed by atoms with Crippen molar-refractivity contribution in [3.05, 3.63) is 38.9 Å². The number of carbonyl (C=O) groups is 1. The molecule has 6 heteroatoms. The maximum Gasteiger partial charge on any atom is 0.287 e. The third-order valence-electron chi connectivity index (χ3n) is 3.52. The summed E-state index contributed by atoms with van der Waals surface area (Å²) in [6, 6.07) is 4.07. The summed E-state index contributed by atoms with van der Waals surface area (Å²) in [5, 5.41) is 10.6. The van der Waals surface area contributed by atoms with Crippen LogP contribution in [0.3, 0.4) is 0 Å². The number of nitro benzene ring substituents is 1. The lowest BCUT2D eigenvalue weighted by molar-refractivity contribution is -0.384. The highest BCUT2D eigenvalue weighted by Crippen LogP contribution is 2.38. The summed E-state index contributed by atoms with van der Waals surface area (Å²) in [6.45, 7) is 2.88. The Morgan fingerprint density at radius 3 is 2.68 bits per heavy atom. The van der Waals surface area contributed by atoms with Gasteiger partial charge in [0.15, 0.2) is 0 Å². The molecule has 102 valence electrons. The average Bonchev–Trinajstić information content (AvgIpc) is 3.03. The molecule has 0 heterocycles. The van der Waals surface area contributed by atoms with Crippen LogP contribution < -0.4 is 0 Å². The van der Waals surface area contributed by atoms with E-state index in [0.29, 0.717) is 23.9 Å². The van der Waals surface area contributed by atoms with Gasteiger partial charge in [-0.15, -0.1) is 0 Å². The molecule has 1 aliphatic carbocycles. The number of nitrogens with zero attached hydrogens (tertiary/aromatic N) is 2. The second kappa shape index (κ2) is 5.17. The van der Waals surface area contributed by atoms with Crippen molar-refractivity contribution in [2.75, 3.05) is 13.6 Å². The Labute approximate surface area is 116 Å². The minimum atomic E-state index is -0.563. The Morgan fingerprint density at radius 1 is 1.58 bits per heavy atom. The van der Waals surface area contributed by atoms with Crippen molar-refractivity contribution in [1.82, 2.24) is 4.90 Å². The van der Waals surface area contributed by atoms with Gasteiger partial charge >= 0.3 is 0 Å². The van der Waals surface area contributed by atoms with Gasteiger partial charge in [0.25, 0.3) is 11.6 Å². The fourth-order valence-electron chi connectivity index (χ4n) is 2.10. The Bertz CT molecular complexity index is 533. The number of hydrogen-bond donors (Lipinski definition) is 0. The summed E-state index contributed by atoms with van der Waals surface area (Å²) in [5.74, 6) is 1.09. The molecule has 1 aliphatic rings. The van der Waals surface area contributed by atoms with Crippen molar-refractivity contribution in [1.29, 1.82) is 0 Å². The van der Waals surface area contributed by atoms with E-state index in [1.807, 2.05) is 0 Å². The second-order valence-electron chi connectivity index (χ2n) is 5.08. The minimum Gasteiger partial charge on any atom is -0.341 e. The first-order valence-corrected chi connectivity index (χ1v) is 6.47. The van der Waals surface area contributed by atoms with Crippen LogP contribution in [-0.4, -0.2) is 29.3 Å². The Hall–Kier alpha value is -1.62. The van der Waals surface area contributed by atoms with Crippen LogP contribution in [0.5, 0.6) is 0 Å². The van der Waals surface area contributed by atoms with Gasteiger partial charge in [-0.3, -0.25) is 14.9 Å². The van der Waals surface area contributed by atoms with Crippen LogP contribution in [-0.2, 0) is 0 Å². The van der Waals surface area contributed by atoms with E-state index in [1.165, 1.54) is 18.2 Å². The topological polar surface area (TPSA) is 63.5 Å². The molecule has 2 atom stereocenters. The van der Waals surface area contributed by atoms with Gasteiger partial charge in [0.2, 0.25) is 0 Å². The molecule has 2 rings (SSSR count). The molecule has 1 aromatic carbocycles. The van der Waals surface area contributed by atoms with Crippen LogP contribution in [0.2, 0.25) is 5.02 Å². The number of rotatable bonds is 4. The SMILES string of the molecule is CC1CC1CN(C)C(=O)c1ccc([N+](=O)[O-])c(Cl)c1. The molecule has 5 nitrogen and oxygen atoms in total. The number of hydrogen-bond acceptors (Lipinski definition) is 3. The first kappa shape index (κ1) is 13.8. The average molecular weight is 283 g/mol. The third kappa shape index (κ3) is 3.04. The predicted octanol–water partition coefficient (Wildman–Crippen LogP) is 2.98. The number of nitro groups is 1. The van der Waals surface area contributed by atoms with Crippen molar-refractivity contribution >= 4 is 23.2 Å². The van der Waals surface area contributed by atoms with E-state index < -0.39 is 4.92 Å². The van der Waals surface area contributed by atoms with Gasteiger partial charge in [0.05, 0.1) is 4.92 Å². The highest BCUT2D eigenvalue weighted by molar-refractivity contribution is 6.33. The molecular formula is C13H15ClN2O3. The van der Waals surface area contributed by atoms with Crippen molar-refractivity contribution in [3.8, 4) is 0 Å². The molecule has 0 radical (unpaired) electrons. The Balaban J connectivity index is 2.10. The molecule has 1 amide bonds. The maximum atomic E-state index is 12.1. The lowest BCUT2D eigenvalue weighted by atomic mass is 10.1. The van der Waals surface area contributed by atoms with E-state index in [1.54, 1.807) is 11.9 Å². The monoisotopic (exact) mass is 282 g/mol. The fraction of sp³-hybridized carbons (Fsp3) is 0.462. The van der Waals surface area contributed by atoms with Crippen LogP contribution >= 0.6 is 11.6 Å². The number of amides is 1. The van der Waals surface area contributed by atoms with E-state index in [0.717, 1.165) is 6.42 Å². The zero-order valence-corrected chi connectivity index (χ0v) is 11.6. The number of carbonyl (C=O) groups excluding carboxylic acids is 1. The molecule has 1 aromatic rings. The van der Waals surface area contributed by atoms with Gasteiger partial charge in [0, 0.05) is 25.2 Å². The quantitative estimate of drug-likeness (QED) is 0.630. The van der Waals surface area contributed by atoms with Crippen molar-refractivity contribution in [3.63, 3.8) is 0 Å². The summed E-state index contributed by atoms with van der Waals surface area (Å²) in [5.41, 5.74) is 0.197.